The number of thiazole rings is 1. The van der Waals surface area contributed by atoms with Crippen LogP contribution >= 0.6 is 11.3 Å². The molecule has 1 aliphatic rings. The van der Waals surface area contributed by atoms with Gasteiger partial charge in [-0.15, -0.1) is 0 Å². The molecule has 8 nitrogen and oxygen atoms in total. The first kappa shape index (κ1) is 19.0. The number of aromatic hydroxyl groups is 1. The molecule has 3 atom stereocenters. The first-order chi connectivity index (χ1) is 13.5. The van der Waals surface area contributed by atoms with Crippen LogP contribution in [0.5, 0.6) is 17.4 Å². The summed E-state index contributed by atoms with van der Waals surface area (Å²) in [6.45, 7) is 5.63. The third-order valence-corrected chi connectivity index (χ3v) is 6.01. The van der Waals surface area contributed by atoms with Crippen LogP contribution in [0.1, 0.15) is 30.3 Å². The third kappa shape index (κ3) is 3.30. The lowest BCUT2D eigenvalue weighted by Crippen LogP contribution is -2.47. The average molecular weight is 404 g/mol. The van der Waals surface area contributed by atoms with Gasteiger partial charge in [-0.1, -0.05) is 17.4 Å². The molecule has 0 spiro atoms. The highest BCUT2D eigenvalue weighted by Gasteiger charge is 2.34. The van der Waals surface area contributed by atoms with Gasteiger partial charge in [0.25, 0.3) is 0 Å². The zero-order chi connectivity index (χ0) is 19.8. The fourth-order valence-corrected chi connectivity index (χ4v) is 4.94. The van der Waals surface area contributed by atoms with Gasteiger partial charge in [0, 0.05) is 13.1 Å². The minimum atomic E-state index is -0.179. The Morgan fingerprint density at radius 3 is 2.54 bits per heavy atom. The summed E-state index contributed by atoms with van der Waals surface area (Å²) >= 11 is 1.44. The highest BCUT2D eigenvalue weighted by atomic mass is 32.1. The second-order valence-corrected chi connectivity index (χ2v) is 7.98. The number of methoxy groups -OCH3 is 2. The predicted octanol–water partition coefficient (Wildman–Crippen LogP) is 2.71. The van der Waals surface area contributed by atoms with Crippen molar-refractivity contribution in [1.82, 2.24) is 19.5 Å². The normalized spacial score (nSPS) is 21.7. The van der Waals surface area contributed by atoms with Crippen molar-refractivity contribution in [3.8, 4) is 17.4 Å². The molecule has 28 heavy (non-hydrogen) atoms. The summed E-state index contributed by atoms with van der Waals surface area (Å²) in [7, 11) is 3.24. The molecule has 3 aromatic rings. The number of aromatic nitrogens is 3. The van der Waals surface area contributed by atoms with E-state index in [2.05, 4.69) is 28.8 Å². The van der Waals surface area contributed by atoms with E-state index < -0.39 is 0 Å². The lowest BCUT2D eigenvalue weighted by atomic mass is 10.0. The van der Waals surface area contributed by atoms with E-state index in [1.807, 2.05) is 18.2 Å². The SMILES string of the molecule is COc1ccc([C@@H](c2sc3ncnn3c2O)N2C[C@@H](C)O[C@H](C)C2)cc1OC. The molecule has 2 aromatic heterocycles. The van der Waals surface area contributed by atoms with Gasteiger partial charge in [0.2, 0.25) is 10.8 Å². The van der Waals surface area contributed by atoms with Gasteiger partial charge < -0.3 is 19.3 Å². The number of morpholine rings is 1. The molecule has 0 unspecified atom stereocenters. The van der Waals surface area contributed by atoms with Crippen molar-refractivity contribution < 1.29 is 19.3 Å². The third-order valence-electron chi connectivity index (χ3n) is 4.92. The molecule has 1 saturated heterocycles. The molecule has 9 heteroatoms. The molecule has 1 aliphatic heterocycles. The topological polar surface area (TPSA) is 81.4 Å². The first-order valence-corrected chi connectivity index (χ1v) is 9.96. The molecule has 0 amide bonds. The fourth-order valence-electron chi connectivity index (χ4n) is 3.85. The van der Waals surface area contributed by atoms with Crippen LogP contribution < -0.4 is 9.47 Å². The number of hydrogen-bond acceptors (Lipinski definition) is 8. The number of ether oxygens (including phenoxy) is 3. The smallest absolute Gasteiger partial charge is 0.230 e. The second-order valence-electron chi connectivity index (χ2n) is 6.97. The maximum Gasteiger partial charge on any atom is 0.230 e. The van der Waals surface area contributed by atoms with Gasteiger partial charge in [-0.05, 0) is 31.5 Å². The van der Waals surface area contributed by atoms with Crippen molar-refractivity contribution in [2.75, 3.05) is 27.3 Å². The first-order valence-electron chi connectivity index (χ1n) is 9.14. The van der Waals surface area contributed by atoms with Crippen molar-refractivity contribution >= 4 is 16.3 Å². The standard InChI is InChI=1S/C19H24N4O4S/c1-11-8-22(9-12(2)27-11)16(13-5-6-14(25-3)15(7-13)26-4)17-18(24)23-19(28-17)20-10-21-23/h5-7,10-12,16,24H,8-9H2,1-4H3/t11-,12-,16+/m1/s1. The summed E-state index contributed by atoms with van der Waals surface area (Å²) in [6, 6.07) is 5.68. The summed E-state index contributed by atoms with van der Waals surface area (Å²) in [5.74, 6) is 1.43. The summed E-state index contributed by atoms with van der Waals surface area (Å²) in [4.78, 5) is 8.01. The van der Waals surface area contributed by atoms with Gasteiger partial charge in [-0.3, -0.25) is 4.90 Å². The number of nitrogens with zero attached hydrogens (tertiary/aromatic N) is 4. The minimum absolute atomic E-state index is 0.0932. The van der Waals surface area contributed by atoms with E-state index in [0.717, 1.165) is 23.5 Å². The lowest BCUT2D eigenvalue weighted by molar-refractivity contribution is -0.0764. The lowest BCUT2D eigenvalue weighted by Gasteiger charge is -2.40. The van der Waals surface area contributed by atoms with E-state index in [9.17, 15) is 5.11 Å². The van der Waals surface area contributed by atoms with Crippen LogP contribution in [0.3, 0.4) is 0 Å². The molecular weight excluding hydrogens is 380 g/mol. The largest absolute Gasteiger partial charge is 0.493 e. The van der Waals surface area contributed by atoms with Crippen molar-refractivity contribution in [2.24, 2.45) is 0 Å². The molecule has 0 saturated carbocycles. The summed E-state index contributed by atoms with van der Waals surface area (Å²) in [6.07, 6.45) is 1.63. The van der Waals surface area contributed by atoms with Crippen LogP contribution in [0.2, 0.25) is 0 Å². The molecular formula is C19H24N4O4S. The van der Waals surface area contributed by atoms with E-state index in [4.69, 9.17) is 14.2 Å². The molecule has 4 rings (SSSR count). The Labute approximate surface area is 167 Å². The quantitative estimate of drug-likeness (QED) is 0.700. The van der Waals surface area contributed by atoms with Crippen molar-refractivity contribution in [3.05, 3.63) is 35.0 Å². The summed E-state index contributed by atoms with van der Waals surface area (Å²) < 4.78 is 18.3. The Kier molecular flexibility index (Phi) is 5.13. The molecule has 1 fully saturated rings. The number of hydrogen-bond donors (Lipinski definition) is 1. The van der Waals surface area contributed by atoms with Crippen LogP contribution in [0.4, 0.5) is 0 Å². The predicted molar refractivity (Wildman–Crippen MR) is 105 cm³/mol. The molecule has 150 valence electrons. The zero-order valence-corrected chi connectivity index (χ0v) is 17.1. The van der Waals surface area contributed by atoms with E-state index >= 15 is 0 Å². The van der Waals surface area contributed by atoms with E-state index in [1.54, 1.807) is 14.2 Å². The van der Waals surface area contributed by atoms with Gasteiger partial charge in [0.15, 0.2) is 11.5 Å². The maximum absolute atomic E-state index is 10.9. The highest BCUT2D eigenvalue weighted by Crippen LogP contribution is 2.42. The molecule has 0 aliphatic carbocycles. The molecule has 1 aromatic carbocycles. The van der Waals surface area contributed by atoms with Gasteiger partial charge in [-0.2, -0.15) is 9.61 Å². The van der Waals surface area contributed by atoms with Gasteiger partial charge in [-0.25, -0.2) is 4.98 Å². The number of fused-ring (bicyclic) bond motifs is 1. The van der Waals surface area contributed by atoms with Crippen LogP contribution in [-0.4, -0.2) is 64.1 Å². The zero-order valence-electron chi connectivity index (χ0n) is 16.3. The molecule has 1 N–H and O–H groups in total. The highest BCUT2D eigenvalue weighted by molar-refractivity contribution is 7.17. The second kappa shape index (κ2) is 7.57. The molecule has 3 heterocycles. The van der Waals surface area contributed by atoms with Crippen molar-refractivity contribution in [2.45, 2.75) is 32.1 Å². The summed E-state index contributed by atoms with van der Waals surface area (Å²) in [5.41, 5.74) is 0.999. The van der Waals surface area contributed by atoms with E-state index in [1.165, 1.54) is 22.2 Å². The van der Waals surface area contributed by atoms with Gasteiger partial charge in [0.1, 0.15) is 6.33 Å². The van der Waals surface area contributed by atoms with Gasteiger partial charge in [0.05, 0.1) is 37.3 Å². The minimum Gasteiger partial charge on any atom is -0.493 e. The number of benzene rings is 1. The average Bonchev–Trinajstić information content (AvgIpc) is 3.25. The number of rotatable bonds is 5. The monoisotopic (exact) mass is 404 g/mol. The molecule has 0 radical (unpaired) electrons. The summed E-state index contributed by atoms with van der Waals surface area (Å²) in [5, 5.41) is 15.0. The maximum atomic E-state index is 10.9. The van der Waals surface area contributed by atoms with Crippen LogP contribution in [0, 0.1) is 0 Å². The Hall–Kier alpha value is -2.36. The van der Waals surface area contributed by atoms with E-state index in [-0.39, 0.29) is 24.1 Å². The Morgan fingerprint density at radius 1 is 1.18 bits per heavy atom. The Bertz CT molecular complexity index is 962. The van der Waals surface area contributed by atoms with Crippen LogP contribution in [0.25, 0.3) is 4.96 Å². The van der Waals surface area contributed by atoms with Crippen LogP contribution in [0.15, 0.2) is 24.5 Å². The van der Waals surface area contributed by atoms with Gasteiger partial charge >= 0.3 is 0 Å². The van der Waals surface area contributed by atoms with E-state index in [0.29, 0.717) is 16.5 Å². The Balaban J connectivity index is 1.84. The van der Waals surface area contributed by atoms with Crippen molar-refractivity contribution in [1.29, 1.82) is 0 Å². The Morgan fingerprint density at radius 2 is 1.89 bits per heavy atom. The molecule has 0 bridgehead atoms. The van der Waals surface area contributed by atoms with Crippen molar-refractivity contribution in [3.63, 3.8) is 0 Å². The fraction of sp³-hybridized carbons (Fsp3) is 0.474. The van der Waals surface area contributed by atoms with Crippen LogP contribution in [-0.2, 0) is 4.74 Å².